The van der Waals surface area contributed by atoms with Crippen molar-refractivity contribution in [2.75, 3.05) is 12.4 Å². The summed E-state index contributed by atoms with van der Waals surface area (Å²) in [4.78, 5) is 12.3. The number of aryl methyl sites for hydroxylation is 1. The fraction of sp³-hybridized carbons (Fsp3) is 0.273. The molecule has 0 atom stereocenters. The molecule has 6 nitrogen and oxygen atoms in total. The molecular formula is C22H23Cl2N3O3. The molecule has 8 heteroatoms. The van der Waals surface area contributed by atoms with Gasteiger partial charge in [-0.15, -0.1) is 0 Å². The number of hydrogen-bond acceptors (Lipinski definition) is 4. The van der Waals surface area contributed by atoms with Gasteiger partial charge in [0.25, 0.3) is 0 Å². The topological polar surface area (TPSA) is 65.4 Å². The fourth-order valence-corrected chi connectivity index (χ4v) is 3.59. The average molecular weight is 448 g/mol. The number of halogens is 2. The second kappa shape index (κ2) is 9.41. The third-order valence-electron chi connectivity index (χ3n) is 4.45. The van der Waals surface area contributed by atoms with Crippen molar-refractivity contribution in [3.8, 4) is 17.2 Å². The van der Waals surface area contributed by atoms with Gasteiger partial charge < -0.3 is 14.8 Å². The quantitative estimate of drug-likeness (QED) is 0.494. The Morgan fingerprint density at radius 3 is 2.47 bits per heavy atom. The molecule has 0 aliphatic carbocycles. The largest absolute Gasteiger partial charge is 0.496 e. The van der Waals surface area contributed by atoms with Crippen LogP contribution in [0.2, 0.25) is 10.0 Å². The van der Waals surface area contributed by atoms with Crippen molar-refractivity contribution < 1.29 is 14.3 Å². The summed E-state index contributed by atoms with van der Waals surface area (Å²) in [5.74, 6) is 1.77. The number of carbonyl (C=O) groups excluding carboxylic acids is 1. The van der Waals surface area contributed by atoms with Crippen LogP contribution in [0.4, 0.5) is 5.69 Å². The first-order chi connectivity index (χ1) is 14.3. The zero-order valence-electron chi connectivity index (χ0n) is 17.2. The number of carbonyl (C=O) groups is 1. The summed E-state index contributed by atoms with van der Waals surface area (Å²) >= 11 is 12.8. The zero-order valence-corrected chi connectivity index (χ0v) is 18.7. The van der Waals surface area contributed by atoms with Crippen molar-refractivity contribution >= 4 is 34.8 Å². The van der Waals surface area contributed by atoms with E-state index in [1.165, 1.54) is 0 Å². The van der Waals surface area contributed by atoms with Gasteiger partial charge in [-0.2, -0.15) is 5.10 Å². The van der Waals surface area contributed by atoms with Crippen LogP contribution in [0.3, 0.4) is 0 Å². The number of methoxy groups -OCH3 is 1. The van der Waals surface area contributed by atoms with E-state index < -0.39 is 0 Å². The molecule has 0 bridgehead atoms. The number of hydrogen-bond donors (Lipinski definition) is 1. The minimum atomic E-state index is -0.194. The van der Waals surface area contributed by atoms with Crippen LogP contribution in [0.15, 0.2) is 42.7 Å². The average Bonchev–Trinajstić information content (AvgIpc) is 3.08. The summed E-state index contributed by atoms with van der Waals surface area (Å²) in [6.07, 6.45) is 3.64. The molecule has 0 saturated heterocycles. The number of rotatable bonds is 7. The van der Waals surface area contributed by atoms with Crippen LogP contribution in [0, 0.1) is 0 Å². The van der Waals surface area contributed by atoms with E-state index in [4.69, 9.17) is 32.7 Å². The number of aromatic nitrogens is 2. The second-order valence-corrected chi connectivity index (χ2v) is 7.99. The van der Waals surface area contributed by atoms with Crippen LogP contribution in [0.1, 0.15) is 30.9 Å². The number of amides is 1. The molecule has 3 rings (SSSR count). The summed E-state index contributed by atoms with van der Waals surface area (Å²) < 4.78 is 13.0. The van der Waals surface area contributed by atoms with Crippen molar-refractivity contribution in [3.63, 3.8) is 0 Å². The molecule has 0 aliphatic heterocycles. The monoisotopic (exact) mass is 447 g/mol. The normalized spacial score (nSPS) is 10.9. The lowest BCUT2D eigenvalue weighted by Gasteiger charge is -2.16. The van der Waals surface area contributed by atoms with Gasteiger partial charge >= 0.3 is 0 Å². The molecule has 0 unspecified atom stereocenters. The molecule has 1 amide bonds. The van der Waals surface area contributed by atoms with Crippen LogP contribution in [0.5, 0.6) is 17.2 Å². The Labute approximate surface area is 185 Å². The molecular weight excluding hydrogens is 425 g/mol. The number of nitrogens with zero attached hydrogens (tertiary/aromatic N) is 2. The van der Waals surface area contributed by atoms with Gasteiger partial charge in [0.05, 0.1) is 29.8 Å². The minimum absolute atomic E-state index is 0.194. The van der Waals surface area contributed by atoms with Crippen LogP contribution < -0.4 is 14.8 Å². The standard InChI is InChI=1S/C22H23Cl2N3O3/c1-13(2)17-10-16(5-6-20(17)29-4)30-22-18(23)8-15(9-19(22)24)26-21(28)7-14-11-25-27(3)12-14/h5-6,8-13H,7H2,1-4H3,(H,26,28). The number of nitrogens with one attached hydrogen (secondary N) is 1. The lowest BCUT2D eigenvalue weighted by Crippen LogP contribution is -2.14. The van der Waals surface area contributed by atoms with E-state index in [1.807, 2.05) is 12.1 Å². The molecule has 30 heavy (non-hydrogen) atoms. The Kier molecular flexibility index (Phi) is 6.90. The highest BCUT2D eigenvalue weighted by atomic mass is 35.5. The van der Waals surface area contributed by atoms with Crippen molar-refractivity contribution in [1.29, 1.82) is 0 Å². The Morgan fingerprint density at radius 1 is 1.20 bits per heavy atom. The predicted molar refractivity (Wildman–Crippen MR) is 119 cm³/mol. The van der Waals surface area contributed by atoms with Crippen LogP contribution in [-0.4, -0.2) is 22.8 Å². The van der Waals surface area contributed by atoms with Gasteiger partial charge in [-0.05, 0) is 41.8 Å². The van der Waals surface area contributed by atoms with E-state index in [9.17, 15) is 4.79 Å². The van der Waals surface area contributed by atoms with E-state index in [0.717, 1.165) is 16.9 Å². The molecule has 0 aliphatic rings. The number of ether oxygens (including phenoxy) is 2. The van der Waals surface area contributed by atoms with Crippen molar-refractivity contribution in [3.05, 3.63) is 63.9 Å². The Bertz CT molecular complexity index is 1040. The van der Waals surface area contributed by atoms with Gasteiger partial charge in [0.2, 0.25) is 5.91 Å². The highest BCUT2D eigenvalue weighted by Crippen LogP contribution is 2.40. The summed E-state index contributed by atoms with van der Waals surface area (Å²) in [7, 11) is 3.43. The summed E-state index contributed by atoms with van der Waals surface area (Å²) in [5, 5.41) is 7.43. The van der Waals surface area contributed by atoms with Crippen molar-refractivity contribution in [1.82, 2.24) is 9.78 Å². The molecule has 0 radical (unpaired) electrons. The molecule has 1 heterocycles. The fourth-order valence-electron chi connectivity index (χ4n) is 3.03. The molecule has 158 valence electrons. The summed E-state index contributed by atoms with van der Waals surface area (Å²) in [6.45, 7) is 4.15. The van der Waals surface area contributed by atoms with E-state index in [1.54, 1.807) is 49.4 Å². The first kappa shape index (κ1) is 22.0. The maximum Gasteiger partial charge on any atom is 0.228 e. The molecule has 3 aromatic rings. The number of benzene rings is 2. The minimum Gasteiger partial charge on any atom is -0.496 e. The van der Waals surface area contributed by atoms with Crippen molar-refractivity contribution in [2.24, 2.45) is 7.05 Å². The predicted octanol–water partition coefficient (Wildman–Crippen LogP) is 5.83. The molecule has 2 aromatic carbocycles. The highest BCUT2D eigenvalue weighted by Gasteiger charge is 2.15. The van der Waals surface area contributed by atoms with E-state index in [-0.39, 0.29) is 18.2 Å². The maximum absolute atomic E-state index is 12.3. The highest BCUT2D eigenvalue weighted by molar-refractivity contribution is 6.37. The molecule has 1 aromatic heterocycles. The first-order valence-corrected chi connectivity index (χ1v) is 10.1. The van der Waals surface area contributed by atoms with E-state index >= 15 is 0 Å². The second-order valence-electron chi connectivity index (χ2n) is 7.18. The maximum atomic E-state index is 12.3. The van der Waals surface area contributed by atoms with Gasteiger partial charge in [0, 0.05) is 24.5 Å². The summed E-state index contributed by atoms with van der Waals surface area (Å²) in [5.41, 5.74) is 2.32. The third kappa shape index (κ3) is 5.26. The summed E-state index contributed by atoms with van der Waals surface area (Å²) in [6, 6.07) is 8.76. The molecule has 0 saturated carbocycles. The Morgan fingerprint density at radius 2 is 1.90 bits per heavy atom. The van der Waals surface area contributed by atoms with Gasteiger partial charge in [-0.1, -0.05) is 37.0 Å². The third-order valence-corrected chi connectivity index (χ3v) is 5.01. The SMILES string of the molecule is COc1ccc(Oc2c(Cl)cc(NC(=O)Cc3cnn(C)c3)cc2Cl)cc1C(C)C. The van der Waals surface area contributed by atoms with Gasteiger partial charge in [-0.3, -0.25) is 9.48 Å². The smallest absolute Gasteiger partial charge is 0.228 e. The molecule has 0 spiro atoms. The zero-order chi connectivity index (χ0) is 21.8. The van der Waals surface area contributed by atoms with Gasteiger partial charge in [0.1, 0.15) is 11.5 Å². The first-order valence-electron chi connectivity index (χ1n) is 9.39. The Balaban J connectivity index is 1.76. The van der Waals surface area contributed by atoms with Crippen LogP contribution in [0.25, 0.3) is 0 Å². The van der Waals surface area contributed by atoms with Gasteiger partial charge in [0.15, 0.2) is 5.75 Å². The van der Waals surface area contributed by atoms with Gasteiger partial charge in [-0.25, -0.2) is 0 Å². The molecule has 1 N–H and O–H groups in total. The lowest BCUT2D eigenvalue weighted by molar-refractivity contribution is -0.115. The van der Waals surface area contributed by atoms with E-state index in [0.29, 0.717) is 27.2 Å². The lowest BCUT2D eigenvalue weighted by atomic mass is 10.0. The Hall–Kier alpha value is -2.70. The van der Waals surface area contributed by atoms with Crippen molar-refractivity contribution in [2.45, 2.75) is 26.2 Å². The number of anilines is 1. The van der Waals surface area contributed by atoms with E-state index in [2.05, 4.69) is 24.3 Å². The van der Waals surface area contributed by atoms with Crippen LogP contribution in [-0.2, 0) is 18.3 Å². The van der Waals surface area contributed by atoms with Crippen LogP contribution >= 0.6 is 23.2 Å². The molecule has 0 fully saturated rings.